The van der Waals surface area contributed by atoms with Gasteiger partial charge in [0.1, 0.15) is 4.21 Å². The molecule has 0 amide bonds. The van der Waals surface area contributed by atoms with Gasteiger partial charge in [-0.1, -0.05) is 34.6 Å². The van der Waals surface area contributed by atoms with E-state index in [-0.39, 0.29) is 5.41 Å². The predicted molar refractivity (Wildman–Crippen MR) is 85.5 cm³/mol. The van der Waals surface area contributed by atoms with Crippen LogP contribution in [0.3, 0.4) is 0 Å². The molecule has 0 aliphatic rings. The first-order valence-corrected chi connectivity index (χ1v) is 9.33. The van der Waals surface area contributed by atoms with Crippen molar-refractivity contribution >= 4 is 21.4 Å². The van der Waals surface area contributed by atoms with Crippen molar-refractivity contribution in [3.8, 4) is 0 Å². The average Bonchev–Trinajstić information content (AvgIpc) is 2.83. The number of nitrogens with one attached hydrogen (secondary N) is 2. The maximum atomic E-state index is 12.3. The van der Waals surface area contributed by atoms with E-state index in [2.05, 4.69) is 37.7 Å². The Morgan fingerprint density at radius 2 is 2.00 bits per heavy atom. The predicted octanol–water partition coefficient (Wildman–Crippen LogP) is 2.82. The van der Waals surface area contributed by atoms with Gasteiger partial charge in [-0.15, -0.1) is 11.3 Å². The molecule has 0 aromatic carbocycles. The van der Waals surface area contributed by atoms with E-state index in [4.69, 9.17) is 0 Å². The summed E-state index contributed by atoms with van der Waals surface area (Å²) in [4.78, 5) is 0. The molecule has 0 bridgehead atoms. The van der Waals surface area contributed by atoms with Crippen molar-refractivity contribution in [2.24, 2.45) is 11.3 Å². The molecule has 0 radical (unpaired) electrons. The second kappa shape index (κ2) is 7.02. The molecule has 0 saturated carbocycles. The molecule has 4 nitrogen and oxygen atoms in total. The molecule has 0 fully saturated rings. The normalized spacial score (nSPS) is 13.1. The third-order valence-corrected chi connectivity index (χ3v) is 6.64. The third kappa shape index (κ3) is 4.84. The molecule has 1 rings (SSSR count). The summed E-state index contributed by atoms with van der Waals surface area (Å²) >= 11 is 1.28. The lowest BCUT2D eigenvalue weighted by atomic mass is 9.81. The lowest BCUT2D eigenvalue weighted by molar-refractivity contribution is 0.252. The standard InChI is InChI=1S/C14H26N2O2S2/c1-6-15-8-12-7-13(19-9-12)20(17,18)16-10-14(4,5)11(2)3/h7,9,11,15-16H,6,8,10H2,1-5H3. The first kappa shape index (κ1) is 17.6. The van der Waals surface area contributed by atoms with Crippen LogP contribution >= 0.6 is 11.3 Å². The molecule has 1 aromatic rings. The maximum absolute atomic E-state index is 12.3. The van der Waals surface area contributed by atoms with E-state index in [0.717, 1.165) is 12.1 Å². The quantitative estimate of drug-likeness (QED) is 0.775. The zero-order valence-corrected chi connectivity index (χ0v) is 14.6. The number of rotatable bonds is 8. The number of hydrogen-bond donors (Lipinski definition) is 2. The molecule has 1 heterocycles. The van der Waals surface area contributed by atoms with Gasteiger partial charge in [-0.05, 0) is 34.9 Å². The second-order valence-corrected chi connectivity index (χ2v) is 8.93. The minimum absolute atomic E-state index is 0.0586. The van der Waals surface area contributed by atoms with Gasteiger partial charge in [0, 0.05) is 13.1 Å². The molecule has 0 saturated heterocycles. The van der Waals surface area contributed by atoms with Gasteiger partial charge in [-0.3, -0.25) is 0 Å². The van der Waals surface area contributed by atoms with Gasteiger partial charge in [0.15, 0.2) is 0 Å². The van der Waals surface area contributed by atoms with E-state index < -0.39 is 10.0 Å². The number of hydrogen-bond acceptors (Lipinski definition) is 4. The topological polar surface area (TPSA) is 58.2 Å². The molecule has 6 heteroatoms. The van der Waals surface area contributed by atoms with Crippen molar-refractivity contribution in [1.29, 1.82) is 0 Å². The fourth-order valence-corrected chi connectivity index (χ4v) is 3.89. The van der Waals surface area contributed by atoms with Crippen LogP contribution in [0.5, 0.6) is 0 Å². The molecule has 1 aromatic heterocycles. The molecule has 0 spiro atoms. The highest BCUT2D eigenvalue weighted by atomic mass is 32.2. The van der Waals surface area contributed by atoms with Crippen LogP contribution in [0.25, 0.3) is 0 Å². The molecule has 2 N–H and O–H groups in total. The summed E-state index contributed by atoms with van der Waals surface area (Å²) in [5, 5.41) is 5.09. The van der Waals surface area contributed by atoms with E-state index in [1.807, 2.05) is 12.3 Å². The van der Waals surface area contributed by atoms with E-state index in [0.29, 0.717) is 23.2 Å². The summed E-state index contributed by atoms with van der Waals surface area (Å²) in [5.41, 5.74) is 0.956. The van der Waals surface area contributed by atoms with Gasteiger partial charge >= 0.3 is 0 Å². The van der Waals surface area contributed by atoms with Crippen LogP contribution in [-0.4, -0.2) is 21.5 Å². The van der Waals surface area contributed by atoms with Crippen LogP contribution in [0.15, 0.2) is 15.7 Å². The average molecular weight is 319 g/mol. The van der Waals surface area contributed by atoms with Crippen molar-refractivity contribution in [3.05, 3.63) is 17.0 Å². The van der Waals surface area contributed by atoms with Crippen LogP contribution in [0.2, 0.25) is 0 Å². The van der Waals surface area contributed by atoms with Crippen LogP contribution in [0, 0.1) is 11.3 Å². The molecule has 0 unspecified atom stereocenters. The highest BCUT2D eigenvalue weighted by molar-refractivity contribution is 7.91. The largest absolute Gasteiger partial charge is 0.313 e. The first-order valence-electron chi connectivity index (χ1n) is 6.97. The molecule has 0 atom stereocenters. The summed E-state index contributed by atoms with van der Waals surface area (Å²) in [6.45, 7) is 12.4. The summed E-state index contributed by atoms with van der Waals surface area (Å²) in [5.74, 6) is 0.415. The highest BCUT2D eigenvalue weighted by Crippen LogP contribution is 2.26. The van der Waals surface area contributed by atoms with E-state index in [1.54, 1.807) is 6.07 Å². The number of sulfonamides is 1. The van der Waals surface area contributed by atoms with Crippen molar-refractivity contribution in [2.45, 2.75) is 45.4 Å². The van der Waals surface area contributed by atoms with Crippen LogP contribution in [-0.2, 0) is 16.6 Å². The number of thiophene rings is 1. The molecule has 116 valence electrons. The van der Waals surface area contributed by atoms with Gasteiger partial charge in [-0.2, -0.15) is 0 Å². The smallest absolute Gasteiger partial charge is 0.250 e. The Hall–Kier alpha value is -0.430. The van der Waals surface area contributed by atoms with Gasteiger partial charge in [0.25, 0.3) is 0 Å². The Balaban J connectivity index is 2.72. The lowest BCUT2D eigenvalue weighted by Crippen LogP contribution is -2.36. The minimum Gasteiger partial charge on any atom is -0.313 e. The lowest BCUT2D eigenvalue weighted by Gasteiger charge is -2.29. The van der Waals surface area contributed by atoms with Crippen LogP contribution < -0.4 is 10.0 Å². The molecule has 0 aliphatic carbocycles. The monoisotopic (exact) mass is 318 g/mol. The zero-order valence-electron chi connectivity index (χ0n) is 13.0. The second-order valence-electron chi connectivity index (χ2n) is 6.02. The molecule has 20 heavy (non-hydrogen) atoms. The zero-order chi connectivity index (χ0) is 15.4. The van der Waals surface area contributed by atoms with Crippen LogP contribution in [0.4, 0.5) is 0 Å². The summed E-state index contributed by atoms with van der Waals surface area (Å²) in [7, 11) is -3.39. The Labute approximate surface area is 127 Å². The fraction of sp³-hybridized carbons (Fsp3) is 0.714. The fourth-order valence-electron chi connectivity index (χ4n) is 1.41. The molecular weight excluding hydrogens is 292 g/mol. The van der Waals surface area contributed by atoms with Crippen molar-refractivity contribution in [1.82, 2.24) is 10.0 Å². The summed E-state index contributed by atoms with van der Waals surface area (Å²) in [6.07, 6.45) is 0. The Bertz CT molecular complexity index is 519. The van der Waals surface area contributed by atoms with Gasteiger partial charge < -0.3 is 5.32 Å². The molecular formula is C14H26N2O2S2. The SMILES string of the molecule is CCNCc1csc(S(=O)(=O)NCC(C)(C)C(C)C)c1. The van der Waals surface area contributed by atoms with Gasteiger partial charge in [0.2, 0.25) is 10.0 Å². The maximum Gasteiger partial charge on any atom is 0.250 e. The van der Waals surface area contributed by atoms with Crippen molar-refractivity contribution in [3.63, 3.8) is 0 Å². The van der Waals surface area contributed by atoms with E-state index in [1.165, 1.54) is 11.3 Å². The Morgan fingerprint density at radius 1 is 1.35 bits per heavy atom. The third-order valence-electron chi connectivity index (χ3n) is 3.75. The molecule has 0 aliphatic heterocycles. The minimum atomic E-state index is -3.39. The Kier molecular flexibility index (Phi) is 6.19. The summed E-state index contributed by atoms with van der Waals surface area (Å²) in [6, 6.07) is 1.75. The van der Waals surface area contributed by atoms with E-state index >= 15 is 0 Å². The van der Waals surface area contributed by atoms with Gasteiger partial charge in [0.05, 0.1) is 0 Å². The Morgan fingerprint density at radius 3 is 2.55 bits per heavy atom. The summed E-state index contributed by atoms with van der Waals surface area (Å²) < 4.78 is 27.7. The van der Waals surface area contributed by atoms with Gasteiger partial charge in [-0.25, -0.2) is 13.1 Å². The first-order chi connectivity index (χ1) is 9.19. The van der Waals surface area contributed by atoms with E-state index in [9.17, 15) is 8.42 Å². The van der Waals surface area contributed by atoms with Crippen LogP contribution in [0.1, 0.15) is 40.2 Å². The highest BCUT2D eigenvalue weighted by Gasteiger charge is 2.26. The van der Waals surface area contributed by atoms with Crippen molar-refractivity contribution in [2.75, 3.05) is 13.1 Å². The van der Waals surface area contributed by atoms with Crippen molar-refractivity contribution < 1.29 is 8.42 Å².